The Balaban J connectivity index is 1.60. The maximum Gasteiger partial charge on any atom is 0.265 e. The number of amides is 1. The van der Waals surface area contributed by atoms with Gasteiger partial charge in [-0.3, -0.25) is 4.79 Å². The first kappa shape index (κ1) is 16.0. The maximum atomic E-state index is 12.4. The molecule has 0 aromatic heterocycles. The Labute approximate surface area is 148 Å². The SMILES string of the molecule is Cc1ccc(CN2C(=O)COc3cc(N4CCNCC4)ccc32)cc1. The van der Waals surface area contributed by atoms with Gasteiger partial charge in [-0.25, -0.2) is 0 Å². The lowest BCUT2D eigenvalue weighted by Gasteiger charge is -2.33. The topological polar surface area (TPSA) is 44.8 Å². The van der Waals surface area contributed by atoms with Crippen molar-refractivity contribution < 1.29 is 9.53 Å². The number of aryl methyl sites for hydroxylation is 1. The zero-order chi connectivity index (χ0) is 17.2. The van der Waals surface area contributed by atoms with E-state index in [-0.39, 0.29) is 12.5 Å². The van der Waals surface area contributed by atoms with E-state index in [2.05, 4.69) is 53.5 Å². The van der Waals surface area contributed by atoms with Crippen molar-refractivity contribution in [3.63, 3.8) is 0 Å². The number of hydrogen-bond acceptors (Lipinski definition) is 4. The fourth-order valence-electron chi connectivity index (χ4n) is 3.36. The molecule has 4 rings (SSSR count). The number of hydrogen-bond donors (Lipinski definition) is 1. The van der Waals surface area contributed by atoms with Crippen LogP contribution >= 0.6 is 0 Å². The van der Waals surface area contributed by atoms with Crippen LogP contribution in [0.5, 0.6) is 5.75 Å². The Kier molecular flexibility index (Phi) is 4.32. The maximum absolute atomic E-state index is 12.4. The summed E-state index contributed by atoms with van der Waals surface area (Å²) in [5, 5.41) is 3.37. The van der Waals surface area contributed by atoms with Gasteiger partial charge >= 0.3 is 0 Å². The van der Waals surface area contributed by atoms with Crippen molar-refractivity contribution in [1.82, 2.24) is 5.32 Å². The van der Waals surface area contributed by atoms with Gasteiger partial charge in [0.05, 0.1) is 12.2 Å². The van der Waals surface area contributed by atoms with E-state index in [1.807, 2.05) is 11.0 Å². The number of rotatable bonds is 3. The number of anilines is 2. The quantitative estimate of drug-likeness (QED) is 0.934. The van der Waals surface area contributed by atoms with Crippen LogP contribution in [0.15, 0.2) is 42.5 Å². The molecule has 2 aliphatic rings. The van der Waals surface area contributed by atoms with Crippen molar-refractivity contribution in [2.24, 2.45) is 0 Å². The molecule has 0 atom stereocenters. The molecule has 1 N–H and O–H groups in total. The zero-order valence-electron chi connectivity index (χ0n) is 14.5. The summed E-state index contributed by atoms with van der Waals surface area (Å²) in [6.45, 7) is 6.71. The minimum absolute atomic E-state index is 0.00278. The zero-order valence-corrected chi connectivity index (χ0v) is 14.5. The summed E-state index contributed by atoms with van der Waals surface area (Å²) in [5.41, 5.74) is 4.36. The number of piperazine rings is 1. The minimum Gasteiger partial charge on any atom is -0.481 e. The van der Waals surface area contributed by atoms with Crippen LogP contribution in [0.3, 0.4) is 0 Å². The van der Waals surface area contributed by atoms with E-state index < -0.39 is 0 Å². The van der Waals surface area contributed by atoms with Crippen LogP contribution in [0.25, 0.3) is 0 Å². The van der Waals surface area contributed by atoms with Gasteiger partial charge in [-0.2, -0.15) is 0 Å². The standard InChI is InChI=1S/C20H23N3O2/c1-15-2-4-16(5-3-15)13-23-18-7-6-17(22-10-8-21-9-11-22)12-19(18)25-14-20(23)24/h2-7,12,21H,8-11,13-14H2,1H3. The van der Waals surface area contributed by atoms with Crippen LogP contribution in [-0.2, 0) is 11.3 Å². The summed E-state index contributed by atoms with van der Waals surface area (Å²) in [7, 11) is 0. The highest BCUT2D eigenvalue weighted by Gasteiger charge is 2.26. The summed E-state index contributed by atoms with van der Waals surface area (Å²) in [6.07, 6.45) is 0. The molecule has 2 aromatic rings. The highest BCUT2D eigenvalue weighted by molar-refractivity contribution is 5.98. The predicted molar refractivity (Wildman–Crippen MR) is 99.4 cm³/mol. The molecule has 2 aliphatic heterocycles. The molecule has 25 heavy (non-hydrogen) atoms. The fraction of sp³-hybridized carbons (Fsp3) is 0.350. The number of fused-ring (bicyclic) bond motifs is 1. The van der Waals surface area contributed by atoms with E-state index in [0.29, 0.717) is 6.54 Å². The third-order valence-corrected chi connectivity index (χ3v) is 4.83. The van der Waals surface area contributed by atoms with Crippen LogP contribution < -0.4 is 19.9 Å². The lowest BCUT2D eigenvalue weighted by Crippen LogP contribution is -2.43. The molecule has 130 valence electrons. The number of nitrogens with one attached hydrogen (secondary N) is 1. The number of nitrogens with zero attached hydrogens (tertiary/aromatic N) is 2. The van der Waals surface area contributed by atoms with Gasteiger partial charge in [0.25, 0.3) is 5.91 Å². The summed E-state index contributed by atoms with van der Waals surface area (Å²) in [4.78, 5) is 16.6. The van der Waals surface area contributed by atoms with Gasteiger partial charge < -0.3 is 19.9 Å². The summed E-state index contributed by atoms with van der Waals surface area (Å²) >= 11 is 0. The predicted octanol–water partition coefficient (Wildman–Crippen LogP) is 2.33. The normalized spacial score (nSPS) is 17.2. The first-order chi connectivity index (χ1) is 12.2. The highest BCUT2D eigenvalue weighted by atomic mass is 16.5. The molecule has 5 heteroatoms. The summed E-state index contributed by atoms with van der Waals surface area (Å²) in [6, 6.07) is 14.5. The Morgan fingerprint density at radius 2 is 1.84 bits per heavy atom. The van der Waals surface area contributed by atoms with Crippen molar-refractivity contribution in [2.75, 3.05) is 42.6 Å². The fourth-order valence-corrected chi connectivity index (χ4v) is 3.36. The molecule has 1 fully saturated rings. The second-order valence-corrected chi connectivity index (χ2v) is 6.64. The second-order valence-electron chi connectivity index (χ2n) is 6.64. The Morgan fingerprint density at radius 1 is 1.08 bits per heavy atom. The number of benzene rings is 2. The van der Waals surface area contributed by atoms with Crippen molar-refractivity contribution >= 4 is 17.3 Å². The van der Waals surface area contributed by atoms with E-state index in [9.17, 15) is 4.79 Å². The second kappa shape index (κ2) is 6.76. The van der Waals surface area contributed by atoms with Gasteiger partial charge in [-0.1, -0.05) is 29.8 Å². The number of carbonyl (C=O) groups excluding carboxylic acids is 1. The smallest absolute Gasteiger partial charge is 0.265 e. The van der Waals surface area contributed by atoms with Gasteiger partial charge in [0.2, 0.25) is 0 Å². The van der Waals surface area contributed by atoms with Gasteiger partial charge in [-0.15, -0.1) is 0 Å². The number of ether oxygens (including phenoxy) is 1. The van der Waals surface area contributed by atoms with Crippen molar-refractivity contribution in [1.29, 1.82) is 0 Å². The Hall–Kier alpha value is -2.53. The molecule has 0 bridgehead atoms. The van der Waals surface area contributed by atoms with E-state index in [1.54, 1.807) is 0 Å². The molecule has 0 aliphatic carbocycles. The van der Waals surface area contributed by atoms with Gasteiger partial charge in [0, 0.05) is 37.9 Å². The van der Waals surface area contributed by atoms with E-state index in [4.69, 9.17) is 4.74 Å². The molecule has 2 aromatic carbocycles. The molecule has 5 nitrogen and oxygen atoms in total. The molecule has 0 saturated carbocycles. The first-order valence-corrected chi connectivity index (χ1v) is 8.79. The third kappa shape index (κ3) is 3.33. The van der Waals surface area contributed by atoms with E-state index in [0.717, 1.165) is 48.9 Å². The molecular formula is C20H23N3O2. The molecule has 2 heterocycles. The molecule has 1 saturated heterocycles. The summed E-state index contributed by atoms with van der Waals surface area (Å²) < 4.78 is 5.72. The highest BCUT2D eigenvalue weighted by Crippen LogP contribution is 2.36. The molecule has 1 amide bonds. The molecule has 0 spiro atoms. The third-order valence-electron chi connectivity index (χ3n) is 4.83. The minimum atomic E-state index is 0.00278. The lowest BCUT2D eigenvalue weighted by molar-refractivity contribution is -0.121. The van der Waals surface area contributed by atoms with Crippen molar-refractivity contribution in [3.05, 3.63) is 53.6 Å². The largest absolute Gasteiger partial charge is 0.481 e. The van der Waals surface area contributed by atoms with Crippen LogP contribution in [0.2, 0.25) is 0 Å². The lowest BCUT2D eigenvalue weighted by atomic mass is 10.1. The van der Waals surface area contributed by atoms with Crippen LogP contribution in [-0.4, -0.2) is 38.7 Å². The average Bonchev–Trinajstić information content (AvgIpc) is 2.66. The molecule has 0 radical (unpaired) electrons. The van der Waals surface area contributed by atoms with Crippen LogP contribution in [0.4, 0.5) is 11.4 Å². The summed E-state index contributed by atoms with van der Waals surface area (Å²) in [5.74, 6) is 0.797. The Morgan fingerprint density at radius 3 is 2.60 bits per heavy atom. The van der Waals surface area contributed by atoms with Gasteiger partial charge in [-0.05, 0) is 24.6 Å². The van der Waals surface area contributed by atoms with Crippen molar-refractivity contribution in [2.45, 2.75) is 13.5 Å². The Bertz CT molecular complexity index is 767. The van der Waals surface area contributed by atoms with Crippen LogP contribution in [0, 0.1) is 6.92 Å². The van der Waals surface area contributed by atoms with Crippen molar-refractivity contribution in [3.8, 4) is 5.75 Å². The number of carbonyl (C=O) groups is 1. The molecular weight excluding hydrogens is 314 g/mol. The average molecular weight is 337 g/mol. The van der Waals surface area contributed by atoms with E-state index in [1.165, 1.54) is 5.56 Å². The molecule has 0 unspecified atom stereocenters. The first-order valence-electron chi connectivity index (χ1n) is 8.79. The monoisotopic (exact) mass is 337 g/mol. The van der Waals surface area contributed by atoms with E-state index >= 15 is 0 Å². The van der Waals surface area contributed by atoms with Crippen LogP contribution in [0.1, 0.15) is 11.1 Å². The van der Waals surface area contributed by atoms with Gasteiger partial charge in [0.1, 0.15) is 5.75 Å². The van der Waals surface area contributed by atoms with Gasteiger partial charge in [0.15, 0.2) is 6.61 Å².